The van der Waals surface area contributed by atoms with E-state index in [-0.39, 0.29) is 5.92 Å². The molecule has 3 nitrogen and oxygen atoms in total. The number of aromatic nitrogens is 1. The molecule has 3 heteroatoms. The molecule has 2 aromatic rings. The van der Waals surface area contributed by atoms with Crippen molar-refractivity contribution < 1.29 is 9.90 Å². The third-order valence-electron chi connectivity index (χ3n) is 4.33. The van der Waals surface area contributed by atoms with E-state index in [1.165, 1.54) is 22.2 Å². The summed E-state index contributed by atoms with van der Waals surface area (Å²) in [6.07, 6.45) is 3.60. The Balaban J connectivity index is 1.79. The van der Waals surface area contributed by atoms with Crippen molar-refractivity contribution in [2.45, 2.75) is 38.5 Å². The van der Waals surface area contributed by atoms with Gasteiger partial charge < -0.3 is 10.1 Å². The van der Waals surface area contributed by atoms with Gasteiger partial charge in [0.25, 0.3) is 0 Å². The van der Waals surface area contributed by atoms with Crippen LogP contribution in [0.25, 0.3) is 10.9 Å². The van der Waals surface area contributed by atoms with Crippen molar-refractivity contribution >= 4 is 16.9 Å². The van der Waals surface area contributed by atoms with Crippen LogP contribution in [0.3, 0.4) is 0 Å². The molecule has 1 aromatic carbocycles. The Morgan fingerprint density at radius 3 is 2.63 bits per heavy atom. The van der Waals surface area contributed by atoms with Crippen LogP contribution in [0, 0.1) is 12.8 Å². The van der Waals surface area contributed by atoms with Crippen molar-refractivity contribution in [1.29, 1.82) is 0 Å². The Bertz CT molecular complexity index is 606. The second kappa shape index (κ2) is 4.72. The molecule has 1 heterocycles. The first-order chi connectivity index (χ1) is 9.13. The Morgan fingerprint density at radius 1 is 1.21 bits per heavy atom. The minimum Gasteiger partial charge on any atom is -0.481 e. The fourth-order valence-corrected chi connectivity index (χ4v) is 3.22. The van der Waals surface area contributed by atoms with E-state index in [9.17, 15) is 4.79 Å². The molecule has 19 heavy (non-hydrogen) atoms. The maximum atomic E-state index is 11.0. The topological polar surface area (TPSA) is 53.1 Å². The normalized spacial score (nSPS) is 23.6. The molecule has 0 amide bonds. The van der Waals surface area contributed by atoms with Gasteiger partial charge in [-0.3, -0.25) is 4.79 Å². The maximum absolute atomic E-state index is 11.0. The highest BCUT2D eigenvalue weighted by Crippen LogP contribution is 2.36. The van der Waals surface area contributed by atoms with E-state index in [0.29, 0.717) is 5.92 Å². The summed E-state index contributed by atoms with van der Waals surface area (Å²) in [6.45, 7) is 2.07. The highest BCUT2D eigenvalue weighted by Gasteiger charge is 2.26. The van der Waals surface area contributed by atoms with Gasteiger partial charge in [-0.15, -0.1) is 0 Å². The number of aliphatic carboxylic acids is 1. The van der Waals surface area contributed by atoms with Crippen molar-refractivity contribution in [3.63, 3.8) is 0 Å². The molecule has 0 spiro atoms. The maximum Gasteiger partial charge on any atom is 0.306 e. The lowest BCUT2D eigenvalue weighted by Crippen LogP contribution is -2.20. The van der Waals surface area contributed by atoms with Gasteiger partial charge in [0, 0.05) is 11.2 Å². The SMILES string of the molecule is Cc1cc2cc(C3CCC(C(=O)O)CC3)ccc2[nH]1. The number of rotatable bonds is 2. The molecule has 1 fully saturated rings. The number of aromatic amines is 1. The molecule has 3 rings (SSSR count). The molecule has 1 saturated carbocycles. The third-order valence-corrected chi connectivity index (χ3v) is 4.33. The fraction of sp³-hybridized carbons (Fsp3) is 0.438. The number of hydrogen-bond acceptors (Lipinski definition) is 1. The zero-order chi connectivity index (χ0) is 13.4. The van der Waals surface area contributed by atoms with Crippen LogP contribution in [0.5, 0.6) is 0 Å². The van der Waals surface area contributed by atoms with E-state index < -0.39 is 5.97 Å². The van der Waals surface area contributed by atoms with Crippen LogP contribution in [0.1, 0.15) is 42.9 Å². The highest BCUT2D eigenvalue weighted by molar-refractivity contribution is 5.81. The number of carbonyl (C=O) groups is 1. The summed E-state index contributed by atoms with van der Waals surface area (Å²) in [5.41, 5.74) is 3.72. The van der Waals surface area contributed by atoms with Crippen LogP contribution in [-0.2, 0) is 4.79 Å². The summed E-state index contributed by atoms with van der Waals surface area (Å²) in [5.74, 6) is -0.236. The highest BCUT2D eigenvalue weighted by atomic mass is 16.4. The number of benzene rings is 1. The number of H-pyrrole nitrogens is 1. The molecule has 0 bridgehead atoms. The average Bonchev–Trinajstić information content (AvgIpc) is 2.77. The Labute approximate surface area is 112 Å². The first-order valence-corrected chi connectivity index (χ1v) is 6.95. The van der Waals surface area contributed by atoms with E-state index in [0.717, 1.165) is 25.7 Å². The Kier molecular flexibility index (Phi) is 3.05. The summed E-state index contributed by atoms with van der Waals surface area (Å²) < 4.78 is 0. The first kappa shape index (κ1) is 12.3. The monoisotopic (exact) mass is 257 g/mol. The van der Waals surface area contributed by atoms with Crippen molar-refractivity contribution in [2.24, 2.45) is 5.92 Å². The fourth-order valence-electron chi connectivity index (χ4n) is 3.22. The van der Waals surface area contributed by atoms with Gasteiger partial charge in [-0.2, -0.15) is 0 Å². The van der Waals surface area contributed by atoms with Gasteiger partial charge in [0.15, 0.2) is 0 Å². The molecule has 1 aliphatic carbocycles. The smallest absolute Gasteiger partial charge is 0.306 e. The van der Waals surface area contributed by atoms with Gasteiger partial charge in [-0.1, -0.05) is 6.07 Å². The van der Waals surface area contributed by atoms with Crippen LogP contribution in [0.2, 0.25) is 0 Å². The number of hydrogen-bond donors (Lipinski definition) is 2. The number of fused-ring (bicyclic) bond motifs is 1. The number of carboxylic acid groups (broad SMARTS) is 1. The number of aryl methyl sites for hydroxylation is 1. The second-order valence-corrected chi connectivity index (χ2v) is 5.69. The molecule has 0 atom stereocenters. The van der Waals surface area contributed by atoms with Crippen molar-refractivity contribution in [2.75, 3.05) is 0 Å². The molecule has 0 aliphatic heterocycles. The average molecular weight is 257 g/mol. The molecule has 0 saturated heterocycles. The minimum atomic E-state index is -0.629. The second-order valence-electron chi connectivity index (χ2n) is 5.69. The summed E-state index contributed by atoms with van der Waals surface area (Å²) in [4.78, 5) is 14.3. The Morgan fingerprint density at radius 2 is 1.95 bits per heavy atom. The molecule has 100 valence electrons. The number of carboxylic acids is 1. The zero-order valence-corrected chi connectivity index (χ0v) is 11.1. The predicted octanol–water partition coefficient (Wildman–Crippen LogP) is 3.83. The van der Waals surface area contributed by atoms with E-state index in [1.807, 2.05) is 0 Å². The summed E-state index contributed by atoms with van der Waals surface area (Å²) >= 11 is 0. The number of nitrogens with one attached hydrogen (secondary N) is 1. The third kappa shape index (κ3) is 2.37. The molecule has 2 N–H and O–H groups in total. The van der Waals surface area contributed by atoms with Crippen molar-refractivity contribution in [1.82, 2.24) is 4.98 Å². The van der Waals surface area contributed by atoms with Crippen molar-refractivity contribution in [3.8, 4) is 0 Å². The quantitative estimate of drug-likeness (QED) is 0.859. The van der Waals surface area contributed by atoms with Gasteiger partial charge in [-0.25, -0.2) is 0 Å². The van der Waals surface area contributed by atoms with E-state index in [4.69, 9.17) is 5.11 Å². The molecule has 0 radical (unpaired) electrons. The lowest BCUT2D eigenvalue weighted by atomic mass is 9.78. The largest absolute Gasteiger partial charge is 0.481 e. The van der Waals surface area contributed by atoms with Crippen LogP contribution >= 0.6 is 0 Å². The molecular weight excluding hydrogens is 238 g/mol. The lowest BCUT2D eigenvalue weighted by molar-refractivity contribution is -0.142. The molecule has 1 aliphatic rings. The molecular formula is C16H19NO2. The van der Waals surface area contributed by atoms with Crippen molar-refractivity contribution in [3.05, 3.63) is 35.5 Å². The molecule has 1 aromatic heterocycles. The van der Waals surface area contributed by atoms with Gasteiger partial charge in [-0.05, 0) is 67.7 Å². The summed E-state index contributed by atoms with van der Waals surface area (Å²) in [7, 11) is 0. The summed E-state index contributed by atoms with van der Waals surface area (Å²) in [5, 5.41) is 10.3. The van der Waals surface area contributed by atoms with Gasteiger partial charge in [0.1, 0.15) is 0 Å². The van der Waals surface area contributed by atoms with E-state index in [2.05, 4.69) is 36.2 Å². The predicted molar refractivity (Wildman–Crippen MR) is 75.4 cm³/mol. The van der Waals surface area contributed by atoms with Crippen LogP contribution in [0.4, 0.5) is 0 Å². The minimum absolute atomic E-state index is 0.130. The van der Waals surface area contributed by atoms with Gasteiger partial charge in [0.2, 0.25) is 0 Å². The Hall–Kier alpha value is -1.77. The van der Waals surface area contributed by atoms with E-state index in [1.54, 1.807) is 0 Å². The lowest BCUT2D eigenvalue weighted by Gasteiger charge is -2.26. The first-order valence-electron chi connectivity index (χ1n) is 6.95. The van der Waals surface area contributed by atoms with E-state index >= 15 is 0 Å². The van der Waals surface area contributed by atoms with Gasteiger partial charge >= 0.3 is 5.97 Å². The standard InChI is InChI=1S/C16H19NO2/c1-10-8-14-9-13(6-7-15(14)17-10)11-2-4-12(5-3-11)16(18)19/h6-9,11-12,17H,2-5H2,1H3,(H,18,19). The van der Waals surface area contributed by atoms with Crippen LogP contribution in [0.15, 0.2) is 24.3 Å². The van der Waals surface area contributed by atoms with Gasteiger partial charge in [0.05, 0.1) is 5.92 Å². The molecule has 0 unspecified atom stereocenters. The zero-order valence-electron chi connectivity index (χ0n) is 11.1. The van der Waals surface area contributed by atoms with Crippen LogP contribution < -0.4 is 0 Å². The van der Waals surface area contributed by atoms with Crippen LogP contribution in [-0.4, -0.2) is 16.1 Å². The summed E-state index contributed by atoms with van der Waals surface area (Å²) in [6, 6.07) is 8.75.